The van der Waals surface area contributed by atoms with Gasteiger partial charge in [0, 0.05) is 25.0 Å². The predicted molar refractivity (Wildman–Crippen MR) is 143 cm³/mol. The third-order valence-electron chi connectivity index (χ3n) is 7.26. The van der Waals surface area contributed by atoms with Crippen LogP contribution >= 0.6 is 0 Å². The van der Waals surface area contributed by atoms with Crippen LogP contribution in [-0.2, 0) is 11.3 Å². The van der Waals surface area contributed by atoms with Gasteiger partial charge in [0.2, 0.25) is 12.7 Å². The number of carbonyl (C=O) groups excluding carboxylic acids is 2. The molecule has 198 valence electrons. The van der Waals surface area contributed by atoms with Crippen LogP contribution in [0.25, 0.3) is 0 Å². The fourth-order valence-electron chi connectivity index (χ4n) is 5.14. The van der Waals surface area contributed by atoms with Crippen LogP contribution in [0.1, 0.15) is 85.1 Å². The summed E-state index contributed by atoms with van der Waals surface area (Å²) in [6.45, 7) is 4.61. The quantitative estimate of drug-likeness (QED) is 0.446. The highest BCUT2D eigenvalue weighted by molar-refractivity contribution is 5.96. The second kappa shape index (κ2) is 11.6. The molecule has 2 aliphatic rings. The van der Waals surface area contributed by atoms with Crippen molar-refractivity contribution in [3.8, 4) is 11.5 Å². The molecule has 2 aromatic carbocycles. The van der Waals surface area contributed by atoms with Gasteiger partial charge in [0.25, 0.3) is 5.91 Å². The number of hydrogen-bond acceptors (Lipinski definition) is 6. The summed E-state index contributed by atoms with van der Waals surface area (Å²) in [5.41, 5.74) is 2.92. The summed E-state index contributed by atoms with van der Waals surface area (Å²) in [5.74, 6) is 1.08. The van der Waals surface area contributed by atoms with Crippen LogP contribution in [0, 0.1) is 0 Å². The smallest absolute Gasteiger partial charge is 0.275 e. The van der Waals surface area contributed by atoms with Crippen molar-refractivity contribution in [2.75, 3.05) is 6.79 Å². The Hall–Kier alpha value is -3.94. The maximum absolute atomic E-state index is 14.0. The Morgan fingerprint density at radius 3 is 2.42 bits per heavy atom. The highest BCUT2D eigenvalue weighted by atomic mass is 16.7. The van der Waals surface area contributed by atoms with E-state index in [1.54, 1.807) is 4.90 Å². The number of rotatable bonds is 8. The zero-order valence-corrected chi connectivity index (χ0v) is 21.9. The van der Waals surface area contributed by atoms with Crippen LogP contribution in [0.3, 0.4) is 0 Å². The van der Waals surface area contributed by atoms with Gasteiger partial charge in [-0.15, -0.1) is 0 Å². The molecule has 38 heavy (non-hydrogen) atoms. The van der Waals surface area contributed by atoms with Gasteiger partial charge in [0.15, 0.2) is 11.5 Å². The molecule has 8 heteroatoms. The van der Waals surface area contributed by atoms with Crippen molar-refractivity contribution in [2.45, 2.75) is 70.5 Å². The van der Waals surface area contributed by atoms with Crippen molar-refractivity contribution in [3.05, 3.63) is 83.4 Å². The predicted octanol–water partition coefficient (Wildman–Crippen LogP) is 5.16. The Morgan fingerprint density at radius 2 is 1.71 bits per heavy atom. The standard InChI is InChI=1S/C30H34N4O4/c1-20(2)22-9-11-23(12-10-22)28(29(35)33-24-6-4-3-5-7-24)34(30(36)25-17-31-14-15-32-25)18-21-8-13-26-27(16-21)38-19-37-26/h8-17,20,24,28H,3-7,18-19H2,1-2H3,(H,33,35)/t28-/m1/s1. The molecule has 0 radical (unpaired) electrons. The molecule has 0 spiro atoms. The minimum atomic E-state index is -0.849. The van der Waals surface area contributed by atoms with Gasteiger partial charge in [0.1, 0.15) is 11.7 Å². The molecule has 5 rings (SSSR count). The van der Waals surface area contributed by atoms with E-state index in [9.17, 15) is 9.59 Å². The van der Waals surface area contributed by atoms with E-state index in [0.29, 0.717) is 17.4 Å². The molecule has 1 aliphatic heterocycles. The molecule has 3 aromatic rings. The lowest BCUT2D eigenvalue weighted by atomic mass is 9.94. The molecule has 1 fully saturated rings. The molecule has 1 atom stereocenters. The van der Waals surface area contributed by atoms with Crippen LogP contribution in [0.15, 0.2) is 61.1 Å². The van der Waals surface area contributed by atoms with Gasteiger partial charge in [-0.3, -0.25) is 14.6 Å². The first-order chi connectivity index (χ1) is 18.5. The fraction of sp³-hybridized carbons (Fsp3) is 0.400. The highest BCUT2D eigenvalue weighted by Crippen LogP contribution is 2.34. The second-order valence-corrected chi connectivity index (χ2v) is 10.3. The zero-order valence-electron chi connectivity index (χ0n) is 21.9. The van der Waals surface area contributed by atoms with Crippen molar-refractivity contribution in [3.63, 3.8) is 0 Å². The van der Waals surface area contributed by atoms with E-state index < -0.39 is 6.04 Å². The van der Waals surface area contributed by atoms with Gasteiger partial charge >= 0.3 is 0 Å². The van der Waals surface area contributed by atoms with Crippen LogP contribution in [0.4, 0.5) is 0 Å². The Kier molecular flexibility index (Phi) is 7.86. The van der Waals surface area contributed by atoms with Crippen LogP contribution in [-0.4, -0.2) is 39.5 Å². The molecule has 0 bridgehead atoms. The minimum absolute atomic E-state index is 0.104. The van der Waals surface area contributed by atoms with Gasteiger partial charge in [-0.2, -0.15) is 0 Å². The van der Waals surface area contributed by atoms with Crippen molar-refractivity contribution < 1.29 is 19.1 Å². The fourth-order valence-corrected chi connectivity index (χ4v) is 5.14. The second-order valence-electron chi connectivity index (χ2n) is 10.3. The van der Waals surface area contributed by atoms with Gasteiger partial charge in [-0.05, 0) is 47.6 Å². The molecule has 0 unspecified atom stereocenters. The molecule has 8 nitrogen and oxygen atoms in total. The first-order valence-electron chi connectivity index (χ1n) is 13.4. The SMILES string of the molecule is CC(C)c1ccc([C@H](C(=O)NC2CCCCC2)N(Cc2ccc3c(c2)OCO3)C(=O)c2cnccn2)cc1. The molecule has 2 heterocycles. The van der Waals surface area contributed by atoms with E-state index in [4.69, 9.17) is 9.47 Å². The first-order valence-corrected chi connectivity index (χ1v) is 13.4. The monoisotopic (exact) mass is 514 g/mol. The Morgan fingerprint density at radius 1 is 0.974 bits per heavy atom. The van der Waals surface area contributed by atoms with Crippen molar-refractivity contribution in [1.29, 1.82) is 0 Å². The number of carbonyl (C=O) groups is 2. The highest BCUT2D eigenvalue weighted by Gasteiger charge is 2.34. The third-order valence-corrected chi connectivity index (χ3v) is 7.26. The van der Waals surface area contributed by atoms with Crippen LogP contribution in [0.2, 0.25) is 0 Å². The summed E-state index contributed by atoms with van der Waals surface area (Å²) in [7, 11) is 0. The molecular formula is C30H34N4O4. The van der Waals surface area contributed by atoms with E-state index in [-0.39, 0.29) is 36.9 Å². The van der Waals surface area contributed by atoms with Gasteiger partial charge < -0.3 is 19.7 Å². The zero-order chi connectivity index (χ0) is 26.5. The number of benzene rings is 2. The number of nitrogens with zero attached hydrogens (tertiary/aromatic N) is 3. The lowest BCUT2D eigenvalue weighted by Gasteiger charge is -2.33. The summed E-state index contributed by atoms with van der Waals surface area (Å²) < 4.78 is 11.0. The van der Waals surface area contributed by atoms with Gasteiger partial charge in [-0.1, -0.05) is 63.4 Å². The summed E-state index contributed by atoms with van der Waals surface area (Å²) in [6, 6.07) is 12.8. The molecular weight excluding hydrogens is 480 g/mol. The Bertz CT molecular complexity index is 1260. The molecule has 0 saturated heterocycles. The van der Waals surface area contributed by atoms with Crippen molar-refractivity contribution in [2.24, 2.45) is 0 Å². The number of ether oxygens (including phenoxy) is 2. The number of aromatic nitrogens is 2. The van der Waals surface area contributed by atoms with Crippen molar-refractivity contribution >= 4 is 11.8 Å². The first kappa shape index (κ1) is 25.7. The average Bonchev–Trinajstić information content (AvgIpc) is 3.42. The van der Waals surface area contributed by atoms with E-state index in [1.165, 1.54) is 30.6 Å². The van der Waals surface area contributed by atoms with E-state index in [1.807, 2.05) is 42.5 Å². The maximum Gasteiger partial charge on any atom is 0.275 e. The summed E-state index contributed by atoms with van der Waals surface area (Å²) in [6.07, 6.45) is 9.73. The Labute approximate surface area is 223 Å². The molecule has 1 aromatic heterocycles. The lowest BCUT2D eigenvalue weighted by molar-refractivity contribution is -0.127. The third kappa shape index (κ3) is 5.79. The number of fused-ring (bicyclic) bond motifs is 1. The van der Waals surface area contributed by atoms with Crippen molar-refractivity contribution in [1.82, 2.24) is 20.2 Å². The number of amides is 2. The normalized spacial score (nSPS) is 15.8. The topological polar surface area (TPSA) is 93.7 Å². The average molecular weight is 515 g/mol. The lowest BCUT2D eigenvalue weighted by Crippen LogP contribution is -2.47. The molecule has 1 aliphatic carbocycles. The molecule has 1 saturated carbocycles. The molecule has 1 N–H and O–H groups in total. The maximum atomic E-state index is 14.0. The largest absolute Gasteiger partial charge is 0.454 e. The van der Waals surface area contributed by atoms with E-state index in [2.05, 4.69) is 29.1 Å². The number of hydrogen-bond donors (Lipinski definition) is 1. The van der Waals surface area contributed by atoms with Crippen LogP contribution in [0.5, 0.6) is 11.5 Å². The summed E-state index contributed by atoms with van der Waals surface area (Å²) in [5, 5.41) is 3.26. The summed E-state index contributed by atoms with van der Waals surface area (Å²) >= 11 is 0. The minimum Gasteiger partial charge on any atom is -0.454 e. The number of nitrogens with one attached hydrogen (secondary N) is 1. The van der Waals surface area contributed by atoms with E-state index in [0.717, 1.165) is 36.8 Å². The van der Waals surface area contributed by atoms with Gasteiger partial charge in [-0.25, -0.2) is 4.98 Å². The van der Waals surface area contributed by atoms with E-state index >= 15 is 0 Å². The summed E-state index contributed by atoms with van der Waals surface area (Å²) in [4.78, 5) is 37.9. The van der Waals surface area contributed by atoms with Crippen LogP contribution < -0.4 is 14.8 Å². The molecule has 2 amide bonds. The van der Waals surface area contributed by atoms with Gasteiger partial charge in [0.05, 0.1) is 6.20 Å². The Balaban J connectivity index is 1.54.